The highest BCUT2D eigenvalue weighted by molar-refractivity contribution is 8.03. The number of aryl methyl sites for hydroxylation is 1. The molecule has 3 heterocycles. The second-order valence-corrected chi connectivity index (χ2v) is 12.5. The Morgan fingerprint density at radius 3 is 1.43 bits per heavy atom. The molecule has 4 bridgehead atoms. The second kappa shape index (κ2) is 15.5. The highest BCUT2D eigenvalue weighted by Crippen LogP contribution is 2.19. The zero-order chi connectivity index (χ0) is 32.5. The maximum Gasteiger partial charge on any atom is 0.138 e. The third kappa shape index (κ3) is 8.92. The summed E-state index contributed by atoms with van der Waals surface area (Å²) in [6.45, 7) is 11.2. The van der Waals surface area contributed by atoms with Crippen molar-refractivity contribution in [2.24, 2.45) is 20.0 Å². The summed E-state index contributed by atoms with van der Waals surface area (Å²) >= 11 is 1.16. The number of nitrogens with zero attached hydrogens (tertiary/aromatic N) is 7. The Morgan fingerprint density at radius 1 is 0.587 bits per heavy atom. The number of aliphatic imine (C=N–C) groups is 4. The summed E-state index contributed by atoms with van der Waals surface area (Å²) in [7, 11) is 0. The van der Waals surface area contributed by atoms with Gasteiger partial charge in [0.25, 0.3) is 0 Å². The molecule has 1 aliphatic rings. The standard InChI is InChI=1S/C38H39N7S/c1-25-12-14-30(15-13-25)20-32-22-40-26(2)35-8-7-11-38(45-35)29(5)43-33(21-31-16-18-34(19-17-31)46-24-39)23-41-27(3)36-9-6-10-37(44-36)28(4)42-32/h6-19,32-33H,20-23H2,1-5H3/t32-,33-/m0/s1. The van der Waals surface area contributed by atoms with E-state index in [1.165, 1.54) is 11.1 Å². The molecule has 0 saturated carbocycles. The molecular weight excluding hydrogens is 587 g/mol. The Morgan fingerprint density at radius 2 is 1.00 bits per heavy atom. The highest BCUT2D eigenvalue weighted by atomic mass is 32.2. The van der Waals surface area contributed by atoms with Gasteiger partial charge in [-0.3, -0.25) is 20.0 Å². The minimum absolute atomic E-state index is 0.0587. The molecular formula is C38H39N7S. The maximum atomic E-state index is 9.02. The van der Waals surface area contributed by atoms with E-state index in [0.29, 0.717) is 19.5 Å². The molecule has 0 radical (unpaired) electrons. The van der Waals surface area contributed by atoms with Crippen LogP contribution in [0, 0.1) is 17.6 Å². The molecule has 232 valence electrons. The lowest BCUT2D eigenvalue weighted by atomic mass is 10.0. The van der Waals surface area contributed by atoms with Gasteiger partial charge in [0.2, 0.25) is 0 Å². The van der Waals surface area contributed by atoms with Crippen LogP contribution in [0.2, 0.25) is 0 Å². The minimum Gasteiger partial charge on any atom is -0.286 e. The Bertz CT molecular complexity index is 1830. The molecule has 0 saturated heterocycles. The van der Waals surface area contributed by atoms with Crippen LogP contribution >= 0.6 is 11.8 Å². The SMILES string of the molecule is CC1=NC[C@H](Cc2ccc(SC#N)cc2)N=C(C)c2cccc(n2)C(C)=NC[C@H](Cc2ccc(C)cc2)N=C(C)c2cccc1n2. The second-order valence-electron chi connectivity index (χ2n) is 11.6. The van der Waals surface area contributed by atoms with Crippen molar-refractivity contribution in [1.29, 1.82) is 5.26 Å². The topological polar surface area (TPSA) is 99.0 Å². The fourth-order valence-corrected chi connectivity index (χ4v) is 5.70. The lowest BCUT2D eigenvalue weighted by Gasteiger charge is -2.15. The van der Waals surface area contributed by atoms with E-state index in [-0.39, 0.29) is 12.1 Å². The maximum absolute atomic E-state index is 9.02. The number of nitriles is 1. The first kappa shape index (κ1) is 32.6. The van der Waals surface area contributed by atoms with Gasteiger partial charge in [-0.05, 0) is 107 Å². The van der Waals surface area contributed by atoms with Crippen LogP contribution in [-0.4, -0.2) is 58.0 Å². The molecule has 8 heteroatoms. The molecule has 0 N–H and O–H groups in total. The van der Waals surface area contributed by atoms with E-state index in [4.69, 9.17) is 35.2 Å². The average molecular weight is 626 g/mol. The Hall–Kier alpha value is -4.74. The van der Waals surface area contributed by atoms with E-state index in [1.807, 2.05) is 76.2 Å². The van der Waals surface area contributed by atoms with Crippen molar-refractivity contribution in [3.05, 3.63) is 124 Å². The summed E-state index contributed by atoms with van der Waals surface area (Å²) in [4.78, 5) is 31.1. The van der Waals surface area contributed by atoms with Gasteiger partial charge in [-0.2, -0.15) is 5.26 Å². The number of hydrogen-bond acceptors (Lipinski definition) is 8. The van der Waals surface area contributed by atoms with Gasteiger partial charge < -0.3 is 0 Å². The average Bonchev–Trinajstić information content (AvgIpc) is 3.07. The third-order valence-electron chi connectivity index (χ3n) is 7.96. The number of rotatable bonds is 5. The third-order valence-corrected chi connectivity index (χ3v) is 8.56. The van der Waals surface area contributed by atoms with Crippen LogP contribution < -0.4 is 0 Å². The van der Waals surface area contributed by atoms with Crippen molar-refractivity contribution >= 4 is 34.6 Å². The molecule has 5 rings (SSSR count). The number of pyridine rings is 2. The smallest absolute Gasteiger partial charge is 0.138 e. The molecule has 2 atom stereocenters. The molecule has 2 aromatic carbocycles. The molecule has 0 spiro atoms. The Labute approximate surface area is 276 Å². The van der Waals surface area contributed by atoms with Crippen LogP contribution in [-0.2, 0) is 12.8 Å². The fraction of sp³-hybridized carbons (Fsp3) is 0.289. The first-order chi connectivity index (χ1) is 22.3. The summed E-state index contributed by atoms with van der Waals surface area (Å²) in [5.41, 5.74) is 10.3. The zero-order valence-corrected chi connectivity index (χ0v) is 27.9. The number of fused-ring (bicyclic) bond motifs is 4. The van der Waals surface area contributed by atoms with Gasteiger partial charge >= 0.3 is 0 Å². The molecule has 1 aliphatic heterocycles. The number of hydrogen-bond donors (Lipinski definition) is 0. The van der Waals surface area contributed by atoms with Crippen LogP contribution in [0.1, 0.15) is 67.2 Å². The molecule has 0 aliphatic carbocycles. The molecule has 0 unspecified atom stereocenters. The number of benzene rings is 2. The van der Waals surface area contributed by atoms with E-state index >= 15 is 0 Å². The van der Waals surface area contributed by atoms with Crippen molar-refractivity contribution in [2.75, 3.05) is 13.1 Å². The number of aromatic nitrogens is 2. The summed E-state index contributed by atoms with van der Waals surface area (Å²) in [6.07, 6.45) is 1.47. The van der Waals surface area contributed by atoms with Crippen molar-refractivity contribution in [1.82, 2.24) is 9.97 Å². The van der Waals surface area contributed by atoms with Gasteiger partial charge in [-0.1, -0.05) is 54.1 Å². The predicted molar refractivity (Wildman–Crippen MR) is 191 cm³/mol. The van der Waals surface area contributed by atoms with Gasteiger partial charge in [-0.25, -0.2) is 9.97 Å². The molecule has 0 amide bonds. The van der Waals surface area contributed by atoms with Crippen LogP contribution in [0.5, 0.6) is 0 Å². The largest absolute Gasteiger partial charge is 0.286 e. The van der Waals surface area contributed by atoms with Gasteiger partial charge in [-0.15, -0.1) is 0 Å². The quantitative estimate of drug-likeness (QED) is 0.169. The van der Waals surface area contributed by atoms with Crippen LogP contribution in [0.4, 0.5) is 0 Å². The van der Waals surface area contributed by atoms with Gasteiger partial charge in [0, 0.05) is 4.90 Å². The van der Waals surface area contributed by atoms with Crippen LogP contribution in [0.25, 0.3) is 0 Å². The van der Waals surface area contributed by atoms with E-state index < -0.39 is 0 Å². The van der Waals surface area contributed by atoms with Gasteiger partial charge in [0.15, 0.2) is 0 Å². The highest BCUT2D eigenvalue weighted by Gasteiger charge is 2.15. The van der Waals surface area contributed by atoms with Gasteiger partial charge in [0.1, 0.15) is 5.40 Å². The van der Waals surface area contributed by atoms with Crippen molar-refractivity contribution in [3.8, 4) is 5.40 Å². The predicted octanol–water partition coefficient (Wildman–Crippen LogP) is 7.53. The minimum atomic E-state index is -0.113. The van der Waals surface area contributed by atoms with Crippen molar-refractivity contribution < 1.29 is 0 Å². The van der Waals surface area contributed by atoms with E-state index in [2.05, 4.69) is 48.7 Å². The monoisotopic (exact) mass is 625 g/mol. The summed E-state index contributed by atoms with van der Waals surface area (Å²) in [5, 5.41) is 11.2. The molecule has 4 aromatic rings. The first-order valence-corrected chi connectivity index (χ1v) is 16.4. The number of thiocyanates is 1. The summed E-state index contributed by atoms with van der Waals surface area (Å²) in [6, 6.07) is 28.6. The Balaban J connectivity index is 1.53. The normalized spacial score (nSPS) is 17.4. The molecule has 2 aromatic heterocycles. The molecule has 0 fully saturated rings. The number of thioether (sulfide) groups is 1. The molecule has 7 nitrogen and oxygen atoms in total. The fourth-order valence-electron chi connectivity index (χ4n) is 5.32. The van der Waals surface area contributed by atoms with Crippen molar-refractivity contribution in [2.45, 2.75) is 64.4 Å². The van der Waals surface area contributed by atoms with Crippen LogP contribution in [0.3, 0.4) is 0 Å². The lowest BCUT2D eigenvalue weighted by molar-refractivity contribution is 0.680. The van der Waals surface area contributed by atoms with E-state index in [1.54, 1.807) is 0 Å². The van der Waals surface area contributed by atoms with Crippen molar-refractivity contribution in [3.63, 3.8) is 0 Å². The Kier molecular flexibility index (Phi) is 11.0. The summed E-state index contributed by atoms with van der Waals surface area (Å²) < 4.78 is 0. The van der Waals surface area contributed by atoms with E-state index in [9.17, 15) is 0 Å². The van der Waals surface area contributed by atoms with Gasteiger partial charge in [0.05, 0.1) is 70.8 Å². The van der Waals surface area contributed by atoms with Crippen LogP contribution in [0.15, 0.2) is 110 Å². The van der Waals surface area contributed by atoms with E-state index in [0.717, 1.165) is 74.3 Å². The molecule has 46 heavy (non-hydrogen) atoms. The lowest BCUT2D eigenvalue weighted by Crippen LogP contribution is -2.19. The zero-order valence-electron chi connectivity index (χ0n) is 27.1. The first-order valence-electron chi connectivity index (χ1n) is 15.5. The summed E-state index contributed by atoms with van der Waals surface area (Å²) in [5.74, 6) is 0.